The molecule has 1 aliphatic rings. The molecule has 2 heterocycles. The van der Waals surface area contributed by atoms with Crippen molar-refractivity contribution < 1.29 is 15.0 Å². The molecule has 0 radical (unpaired) electrons. The van der Waals surface area contributed by atoms with Gasteiger partial charge in [-0.15, -0.1) is 5.75 Å². The Kier molecular flexibility index (Phi) is 4.91. The van der Waals surface area contributed by atoms with Crippen molar-refractivity contribution in [1.82, 2.24) is 14.5 Å². The maximum atomic E-state index is 11.7. The predicted molar refractivity (Wildman–Crippen MR) is 125 cm³/mol. The highest BCUT2D eigenvalue weighted by atomic mass is 16.4. The molecule has 0 N–H and O–H groups in total. The van der Waals surface area contributed by atoms with E-state index in [2.05, 4.69) is 22.0 Å². The van der Waals surface area contributed by atoms with Gasteiger partial charge in [-0.1, -0.05) is 66.0 Å². The molecule has 5 aromatic rings. The fraction of sp³-hybridized carbons (Fsp3) is 0. The number of hydrogen-bond acceptors (Lipinski definition) is 5. The Labute approximate surface area is 188 Å². The second-order valence-corrected chi connectivity index (χ2v) is 7.33. The van der Waals surface area contributed by atoms with Gasteiger partial charge in [0.05, 0.1) is 28.0 Å². The molecule has 1 aliphatic heterocycles. The zero-order chi connectivity index (χ0) is 22.9. The minimum absolute atomic E-state index is 0.0688. The van der Waals surface area contributed by atoms with Crippen LogP contribution in [0.3, 0.4) is 0 Å². The molecule has 0 fully saturated rings. The number of fused-ring (bicyclic) bond motifs is 4. The highest BCUT2D eigenvalue weighted by Gasteiger charge is 2.17. The third-order valence-corrected chi connectivity index (χ3v) is 5.26. The first kappa shape index (κ1) is 20.1. The van der Waals surface area contributed by atoms with Crippen molar-refractivity contribution in [3.63, 3.8) is 0 Å². The number of benzene rings is 4. The van der Waals surface area contributed by atoms with Crippen molar-refractivity contribution in [2.75, 3.05) is 0 Å². The van der Waals surface area contributed by atoms with Crippen LogP contribution in [0.25, 0.3) is 27.4 Å². The van der Waals surface area contributed by atoms with Crippen LogP contribution in [0.2, 0.25) is 0 Å². The first-order valence-electron chi connectivity index (χ1n) is 10.1. The Morgan fingerprint density at radius 3 is 2.21 bits per heavy atom. The molecule has 160 valence electrons. The van der Waals surface area contributed by atoms with Crippen LogP contribution < -0.4 is 14.8 Å². The predicted octanol–water partition coefficient (Wildman–Crippen LogP) is 4.09. The highest BCUT2D eigenvalue weighted by molar-refractivity contribution is 6.01. The van der Waals surface area contributed by atoms with Gasteiger partial charge in [-0.05, 0) is 18.2 Å². The van der Waals surface area contributed by atoms with Crippen molar-refractivity contribution >= 4 is 57.5 Å². The first-order chi connectivity index (χ1) is 16.0. The molecule has 33 heavy (non-hydrogen) atoms. The van der Waals surface area contributed by atoms with Gasteiger partial charge in [-0.3, -0.25) is 0 Å². The van der Waals surface area contributed by atoms with Crippen molar-refractivity contribution in [2.45, 2.75) is 0 Å². The molecule has 0 amide bonds. The molecule has 0 saturated heterocycles. The Bertz CT molecular complexity index is 1560. The molecule has 4 aromatic carbocycles. The monoisotopic (exact) mass is 432 g/mol. The second kappa shape index (κ2) is 8.05. The first-order valence-corrected chi connectivity index (χ1v) is 10.1. The summed E-state index contributed by atoms with van der Waals surface area (Å²) in [6.07, 6.45) is 0. The summed E-state index contributed by atoms with van der Waals surface area (Å²) < 4.78 is 1.75. The van der Waals surface area contributed by atoms with Gasteiger partial charge < -0.3 is 20.3 Å². The molecular formula is C26H16N4O3-2. The van der Waals surface area contributed by atoms with E-state index in [1.54, 1.807) is 28.8 Å². The third-order valence-electron chi connectivity index (χ3n) is 5.26. The summed E-state index contributed by atoms with van der Waals surface area (Å²) >= 11 is 0. The molecule has 7 nitrogen and oxygen atoms in total. The molecule has 7 heteroatoms. The fourth-order valence-electron chi connectivity index (χ4n) is 3.69. The van der Waals surface area contributed by atoms with E-state index in [1.807, 2.05) is 48.5 Å². The van der Waals surface area contributed by atoms with E-state index in [0.29, 0.717) is 22.2 Å². The number of aromatic nitrogens is 2. The topological polar surface area (TPSA) is 106 Å². The number of nitrogens with zero attached hydrogens (tertiary/aromatic N) is 4. The molecule has 0 aliphatic carbocycles. The summed E-state index contributed by atoms with van der Waals surface area (Å²) in [5.74, 6) is -1.30. The standard InChI is InChI=1S/C13H8N2O2.C13H10N2O/c16-13(17)8-4-3-7-11-12(8)15-10-6-2-1-5-9(10)14-11;1-15-10-6-3-2-5-9(10)14-13-11(15)7-4-8-12(13)16/h1-7H,(H,16,17);2-8,16H,1H2/p-2. The maximum Gasteiger partial charge on any atom is 0.195 e. The number of carbonyl (C=O) groups is 1. The van der Waals surface area contributed by atoms with Crippen molar-refractivity contribution in [3.05, 3.63) is 95.8 Å². The van der Waals surface area contributed by atoms with E-state index in [1.165, 1.54) is 12.1 Å². The minimum Gasteiger partial charge on any atom is -0.873 e. The number of carbonyl (C=O) groups excluding carboxylic acids is 1. The summed E-state index contributed by atoms with van der Waals surface area (Å²) in [5, 5.41) is 27.0. The van der Waals surface area contributed by atoms with Crippen LogP contribution in [-0.2, 0) is 0 Å². The van der Waals surface area contributed by atoms with Crippen LogP contribution in [0, 0.1) is 0 Å². The average molecular weight is 432 g/mol. The van der Waals surface area contributed by atoms with Crippen molar-refractivity contribution in [3.8, 4) is 5.75 Å². The lowest BCUT2D eigenvalue weighted by atomic mass is 10.1. The molecule has 0 atom stereocenters. The highest BCUT2D eigenvalue weighted by Crippen LogP contribution is 2.51. The van der Waals surface area contributed by atoms with Gasteiger partial charge in [-0.2, -0.15) is 4.58 Å². The SMILES string of the molecule is C=[N+]1c2ccccc2[N-]c2c([O-])cccc21.O=C([O-])c1cccc2nc3ccccc3nc12. The summed E-state index contributed by atoms with van der Waals surface area (Å²) in [6.45, 7) is 3.96. The number of hydrogen-bond donors (Lipinski definition) is 0. The zero-order valence-electron chi connectivity index (χ0n) is 17.3. The number of para-hydroxylation sites is 6. The summed E-state index contributed by atoms with van der Waals surface area (Å²) in [7, 11) is 0. The van der Waals surface area contributed by atoms with Crippen LogP contribution in [0.4, 0.5) is 22.7 Å². The molecule has 0 saturated carbocycles. The van der Waals surface area contributed by atoms with Crippen LogP contribution >= 0.6 is 0 Å². The maximum absolute atomic E-state index is 11.7. The Hall–Kier alpha value is -4.78. The summed E-state index contributed by atoms with van der Waals surface area (Å²) in [5.41, 5.74) is 5.35. The van der Waals surface area contributed by atoms with E-state index < -0.39 is 5.97 Å². The van der Waals surface area contributed by atoms with Gasteiger partial charge in [-0.25, -0.2) is 9.97 Å². The van der Waals surface area contributed by atoms with Crippen molar-refractivity contribution in [1.29, 1.82) is 0 Å². The summed E-state index contributed by atoms with van der Waals surface area (Å²) in [6, 6.07) is 24.9. The smallest absolute Gasteiger partial charge is 0.195 e. The van der Waals surface area contributed by atoms with Gasteiger partial charge in [0.2, 0.25) is 0 Å². The largest absolute Gasteiger partial charge is 0.873 e. The lowest BCUT2D eigenvalue weighted by molar-refractivity contribution is -0.266. The average Bonchev–Trinajstić information content (AvgIpc) is 2.83. The Balaban J connectivity index is 0.000000139. The van der Waals surface area contributed by atoms with Crippen molar-refractivity contribution in [2.24, 2.45) is 0 Å². The number of rotatable bonds is 1. The Morgan fingerprint density at radius 1 is 0.788 bits per heavy atom. The van der Waals surface area contributed by atoms with E-state index in [9.17, 15) is 15.0 Å². The van der Waals surface area contributed by atoms with Gasteiger partial charge in [0.25, 0.3) is 0 Å². The van der Waals surface area contributed by atoms with E-state index in [4.69, 9.17) is 0 Å². The lowest BCUT2D eigenvalue weighted by Crippen LogP contribution is -2.22. The van der Waals surface area contributed by atoms with E-state index in [-0.39, 0.29) is 11.3 Å². The van der Waals surface area contributed by atoms with Crippen LogP contribution in [-0.4, -0.2) is 22.7 Å². The van der Waals surface area contributed by atoms with E-state index in [0.717, 1.165) is 22.6 Å². The van der Waals surface area contributed by atoms with Crippen LogP contribution in [0.5, 0.6) is 5.75 Å². The molecule has 0 spiro atoms. The fourth-order valence-corrected chi connectivity index (χ4v) is 3.69. The number of aromatic carboxylic acids is 1. The second-order valence-electron chi connectivity index (χ2n) is 7.33. The van der Waals surface area contributed by atoms with Crippen LogP contribution in [0.1, 0.15) is 10.4 Å². The molecular weight excluding hydrogens is 416 g/mol. The third kappa shape index (κ3) is 3.61. The molecule has 0 unspecified atom stereocenters. The molecule has 6 rings (SSSR count). The Morgan fingerprint density at radius 2 is 1.42 bits per heavy atom. The van der Waals surface area contributed by atoms with Crippen LogP contribution in [0.15, 0.2) is 84.9 Å². The van der Waals surface area contributed by atoms with Gasteiger partial charge in [0, 0.05) is 17.7 Å². The molecule has 0 bridgehead atoms. The molecule has 1 aromatic heterocycles. The number of carboxylic acids is 1. The normalized spacial score (nSPS) is 11.7. The lowest BCUT2D eigenvalue weighted by Gasteiger charge is -2.33. The summed E-state index contributed by atoms with van der Waals surface area (Å²) in [4.78, 5) is 19.7. The quantitative estimate of drug-likeness (QED) is 0.287. The zero-order valence-corrected chi connectivity index (χ0v) is 17.3. The number of carboxylic acid groups (broad SMARTS) is 1. The van der Waals surface area contributed by atoms with Gasteiger partial charge in [0.15, 0.2) is 11.4 Å². The van der Waals surface area contributed by atoms with E-state index >= 15 is 0 Å². The van der Waals surface area contributed by atoms with Gasteiger partial charge in [0.1, 0.15) is 6.72 Å². The van der Waals surface area contributed by atoms with Gasteiger partial charge >= 0.3 is 0 Å². The minimum atomic E-state index is -1.24.